The highest BCUT2D eigenvalue weighted by Gasteiger charge is 2.14. The second-order valence-corrected chi connectivity index (χ2v) is 10.1. The van der Waals surface area contributed by atoms with Crippen LogP contribution in [0.4, 0.5) is 0 Å². The summed E-state index contributed by atoms with van der Waals surface area (Å²) in [6, 6.07) is 22.0. The van der Waals surface area contributed by atoms with Crippen LogP contribution in [0.2, 0.25) is 10.0 Å². The molecule has 194 valence electrons. The van der Waals surface area contributed by atoms with Gasteiger partial charge in [0.1, 0.15) is 0 Å². The van der Waals surface area contributed by atoms with Crippen molar-refractivity contribution in [3.05, 3.63) is 82.5 Å². The van der Waals surface area contributed by atoms with Crippen molar-refractivity contribution in [3.8, 4) is 16.9 Å². The molecule has 5 nitrogen and oxygen atoms in total. The Kier molecular flexibility index (Phi) is 9.62. The molecule has 1 heterocycles. The first-order valence-corrected chi connectivity index (χ1v) is 13.8. The number of carbonyl (C=O) groups excluding carboxylic acids is 1. The lowest BCUT2D eigenvalue weighted by molar-refractivity contribution is -0.121. The molecule has 4 rings (SSSR count). The summed E-state index contributed by atoms with van der Waals surface area (Å²) in [4.78, 5) is 15.0. The molecule has 0 aliphatic heterocycles. The van der Waals surface area contributed by atoms with Crippen LogP contribution in [-0.2, 0) is 11.2 Å². The van der Waals surface area contributed by atoms with Crippen LogP contribution >= 0.6 is 23.2 Å². The number of carbonyl (C=O) groups is 1. The van der Waals surface area contributed by atoms with Gasteiger partial charge in [-0.25, -0.2) is 4.68 Å². The van der Waals surface area contributed by atoms with E-state index >= 15 is 0 Å². The van der Waals surface area contributed by atoms with Gasteiger partial charge in [-0.15, -0.1) is 0 Å². The molecule has 7 heteroatoms. The predicted molar refractivity (Wildman–Crippen MR) is 155 cm³/mol. The lowest BCUT2D eigenvalue weighted by Gasteiger charge is -2.17. The Morgan fingerprint density at radius 1 is 0.919 bits per heavy atom. The van der Waals surface area contributed by atoms with E-state index in [1.807, 2.05) is 35.0 Å². The molecule has 0 aliphatic carbocycles. The Hall–Kier alpha value is -2.86. The van der Waals surface area contributed by atoms with Crippen molar-refractivity contribution in [2.45, 2.75) is 39.5 Å². The number of hydrogen-bond acceptors (Lipinski definition) is 3. The maximum absolute atomic E-state index is 12.6. The number of fused-ring (bicyclic) bond motifs is 1. The van der Waals surface area contributed by atoms with E-state index in [0.717, 1.165) is 60.5 Å². The van der Waals surface area contributed by atoms with Crippen molar-refractivity contribution >= 4 is 39.9 Å². The number of rotatable bonds is 12. The van der Waals surface area contributed by atoms with Gasteiger partial charge in [0.25, 0.3) is 0 Å². The maximum atomic E-state index is 12.6. The van der Waals surface area contributed by atoms with Gasteiger partial charge in [-0.1, -0.05) is 67.4 Å². The van der Waals surface area contributed by atoms with Crippen LogP contribution in [0.15, 0.2) is 66.7 Å². The lowest BCUT2D eigenvalue weighted by Crippen LogP contribution is -2.27. The molecule has 0 atom stereocenters. The van der Waals surface area contributed by atoms with Gasteiger partial charge in [-0.2, -0.15) is 5.10 Å². The van der Waals surface area contributed by atoms with Crippen LogP contribution < -0.4 is 5.32 Å². The third-order valence-corrected chi connectivity index (χ3v) is 7.08. The number of halogens is 2. The van der Waals surface area contributed by atoms with E-state index in [1.165, 1.54) is 5.39 Å². The summed E-state index contributed by atoms with van der Waals surface area (Å²) in [5.41, 5.74) is 3.52. The second-order valence-electron chi connectivity index (χ2n) is 9.21. The molecule has 0 spiro atoms. The number of nitrogens with one attached hydrogen (secondary N) is 1. The standard InChI is InChI=1S/C30H34Cl2N4O/c1-3-35(4-2)16-8-7-15-33-30(37)14-13-28-21-29(24-17-25(31)20-26(32)18-24)34-36(28)27-12-11-22-9-5-6-10-23(22)19-27/h5-6,9-12,17-21H,3-4,7-8,13-16H2,1-2H3,(H,33,37). The molecule has 0 saturated carbocycles. The summed E-state index contributed by atoms with van der Waals surface area (Å²) in [5.74, 6) is 0.0569. The highest BCUT2D eigenvalue weighted by Crippen LogP contribution is 2.29. The van der Waals surface area contributed by atoms with Crippen molar-refractivity contribution < 1.29 is 4.79 Å². The van der Waals surface area contributed by atoms with Crippen molar-refractivity contribution in [3.63, 3.8) is 0 Å². The van der Waals surface area contributed by atoms with Crippen molar-refractivity contribution in [2.24, 2.45) is 0 Å². The highest BCUT2D eigenvalue weighted by atomic mass is 35.5. The number of unbranched alkanes of at least 4 members (excludes halogenated alkanes) is 1. The van der Waals surface area contributed by atoms with E-state index in [1.54, 1.807) is 6.07 Å². The van der Waals surface area contributed by atoms with Gasteiger partial charge in [0.2, 0.25) is 5.91 Å². The quantitative estimate of drug-likeness (QED) is 0.195. The molecule has 0 bridgehead atoms. The molecule has 0 radical (unpaired) electrons. The van der Waals surface area contributed by atoms with Crippen LogP contribution in [0.3, 0.4) is 0 Å². The molecule has 3 aromatic carbocycles. The smallest absolute Gasteiger partial charge is 0.220 e. The largest absolute Gasteiger partial charge is 0.356 e. The third-order valence-electron chi connectivity index (χ3n) is 6.64. The van der Waals surface area contributed by atoms with Crippen LogP contribution in [0, 0.1) is 0 Å². The molecule has 4 aromatic rings. The summed E-state index contributed by atoms with van der Waals surface area (Å²) in [5, 5.41) is 11.4. The Balaban J connectivity index is 1.49. The zero-order valence-corrected chi connectivity index (χ0v) is 23.0. The topological polar surface area (TPSA) is 50.2 Å². The number of amides is 1. The fourth-order valence-electron chi connectivity index (χ4n) is 4.53. The highest BCUT2D eigenvalue weighted by molar-refractivity contribution is 6.35. The number of benzene rings is 3. The van der Waals surface area contributed by atoms with Crippen molar-refractivity contribution in [2.75, 3.05) is 26.2 Å². The van der Waals surface area contributed by atoms with Crippen LogP contribution in [0.25, 0.3) is 27.7 Å². The fourth-order valence-corrected chi connectivity index (χ4v) is 5.06. The van der Waals surface area contributed by atoms with Crippen molar-refractivity contribution in [1.82, 2.24) is 20.0 Å². The SMILES string of the molecule is CCN(CC)CCCCNC(=O)CCc1cc(-c2cc(Cl)cc(Cl)c2)nn1-c1ccc2ccccc2c1. The van der Waals surface area contributed by atoms with E-state index in [-0.39, 0.29) is 5.91 Å². The summed E-state index contributed by atoms with van der Waals surface area (Å²) in [6.45, 7) is 8.27. The third kappa shape index (κ3) is 7.35. The molecule has 1 N–H and O–H groups in total. The van der Waals surface area contributed by atoms with Crippen LogP contribution in [0.1, 0.15) is 38.8 Å². The predicted octanol–water partition coefficient (Wildman–Crippen LogP) is 7.17. The van der Waals surface area contributed by atoms with Gasteiger partial charge in [0.15, 0.2) is 0 Å². The van der Waals surface area contributed by atoms with Gasteiger partial charge in [-0.05, 0) is 86.1 Å². The van der Waals surface area contributed by atoms with Gasteiger partial charge in [0.05, 0.1) is 11.4 Å². The fraction of sp³-hybridized carbons (Fsp3) is 0.333. The summed E-state index contributed by atoms with van der Waals surface area (Å²) < 4.78 is 1.92. The molecular weight excluding hydrogens is 503 g/mol. The number of nitrogens with zero attached hydrogens (tertiary/aromatic N) is 3. The molecule has 37 heavy (non-hydrogen) atoms. The first kappa shape index (κ1) is 27.2. The molecule has 0 fully saturated rings. The van der Waals surface area contributed by atoms with E-state index in [0.29, 0.717) is 29.4 Å². The van der Waals surface area contributed by atoms with E-state index in [4.69, 9.17) is 28.3 Å². The van der Waals surface area contributed by atoms with Crippen LogP contribution in [-0.4, -0.2) is 46.8 Å². The van der Waals surface area contributed by atoms with E-state index in [9.17, 15) is 4.79 Å². The molecule has 0 aliphatic rings. The van der Waals surface area contributed by atoms with E-state index < -0.39 is 0 Å². The first-order valence-electron chi connectivity index (χ1n) is 13.0. The normalized spacial score (nSPS) is 11.4. The monoisotopic (exact) mass is 536 g/mol. The summed E-state index contributed by atoms with van der Waals surface area (Å²) >= 11 is 12.5. The molecule has 0 saturated heterocycles. The average Bonchev–Trinajstić information content (AvgIpc) is 3.33. The Morgan fingerprint density at radius 3 is 2.38 bits per heavy atom. The Labute approximate surface area is 229 Å². The molecular formula is C30H34Cl2N4O. The zero-order chi connectivity index (χ0) is 26.2. The number of aromatic nitrogens is 2. The van der Waals surface area contributed by atoms with Gasteiger partial charge < -0.3 is 10.2 Å². The van der Waals surface area contributed by atoms with E-state index in [2.05, 4.69) is 54.4 Å². The average molecular weight is 538 g/mol. The minimum atomic E-state index is 0.0569. The zero-order valence-electron chi connectivity index (χ0n) is 21.5. The Bertz CT molecular complexity index is 1330. The van der Waals surface area contributed by atoms with Gasteiger partial charge in [0, 0.05) is 34.3 Å². The first-order chi connectivity index (χ1) is 18.0. The molecule has 1 amide bonds. The minimum Gasteiger partial charge on any atom is -0.356 e. The van der Waals surface area contributed by atoms with Gasteiger partial charge in [-0.3, -0.25) is 4.79 Å². The summed E-state index contributed by atoms with van der Waals surface area (Å²) in [6.07, 6.45) is 3.03. The minimum absolute atomic E-state index is 0.0569. The van der Waals surface area contributed by atoms with Gasteiger partial charge >= 0.3 is 0 Å². The summed E-state index contributed by atoms with van der Waals surface area (Å²) in [7, 11) is 0. The number of aryl methyl sites for hydroxylation is 1. The molecule has 1 aromatic heterocycles. The maximum Gasteiger partial charge on any atom is 0.220 e. The van der Waals surface area contributed by atoms with Crippen LogP contribution in [0.5, 0.6) is 0 Å². The lowest BCUT2D eigenvalue weighted by atomic mass is 10.1. The molecule has 0 unspecified atom stereocenters. The Morgan fingerprint density at radius 2 is 1.65 bits per heavy atom. The number of hydrogen-bond donors (Lipinski definition) is 1. The van der Waals surface area contributed by atoms with Crippen molar-refractivity contribution in [1.29, 1.82) is 0 Å². The second kappa shape index (κ2) is 13.1.